The Labute approximate surface area is 173 Å². The third kappa shape index (κ3) is 4.84. The Bertz CT molecular complexity index is 843. The van der Waals surface area contributed by atoms with Crippen LogP contribution in [0.15, 0.2) is 24.3 Å². The fourth-order valence-corrected chi connectivity index (χ4v) is 3.56. The molecular weight excluding hydrogens is 392 g/mol. The van der Waals surface area contributed by atoms with Gasteiger partial charge in [-0.2, -0.15) is 0 Å². The zero-order valence-electron chi connectivity index (χ0n) is 16.8. The summed E-state index contributed by atoms with van der Waals surface area (Å²) in [5.41, 5.74) is 0.457. The van der Waals surface area contributed by atoms with Crippen molar-refractivity contribution in [1.82, 2.24) is 4.90 Å². The summed E-state index contributed by atoms with van der Waals surface area (Å²) in [5, 5.41) is 0. The van der Waals surface area contributed by atoms with Crippen molar-refractivity contribution in [3.05, 3.63) is 29.8 Å². The number of hydrogen-bond acceptors (Lipinski definition) is 7. The highest BCUT2D eigenvalue weighted by Gasteiger charge is 2.31. The zero-order valence-corrected chi connectivity index (χ0v) is 16.8. The lowest BCUT2D eigenvalue weighted by atomic mass is 9.97. The summed E-state index contributed by atoms with van der Waals surface area (Å²) in [6.07, 6.45) is 1.32. The SMILES string of the molecule is CCOC(=O)C1CCN(C(=O)COC(=O)c2cccc(N3C(=O)CCC3=O)c2)CC1. The lowest BCUT2D eigenvalue weighted by Crippen LogP contribution is -2.42. The molecule has 2 aliphatic heterocycles. The van der Waals surface area contributed by atoms with Gasteiger partial charge in [0.25, 0.3) is 5.91 Å². The van der Waals surface area contributed by atoms with E-state index in [4.69, 9.17) is 9.47 Å². The number of carbonyl (C=O) groups excluding carboxylic acids is 5. The van der Waals surface area contributed by atoms with Crippen molar-refractivity contribution in [1.29, 1.82) is 0 Å². The van der Waals surface area contributed by atoms with E-state index in [2.05, 4.69) is 0 Å². The van der Waals surface area contributed by atoms with E-state index in [0.29, 0.717) is 38.2 Å². The van der Waals surface area contributed by atoms with Crippen LogP contribution in [0, 0.1) is 5.92 Å². The molecule has 0 spiro atoms. The fraction of sp³-hybridized carbons (Fsp3) is 0.476. The molecule has 0 atom stereocenters. The predicted molar refractivity (Wildman–Crippen MR) is 104 cm³/mol. The summed E-state index contributed by atoms with van der Waals surface area (Å²) in [4.78, 5) is 62.8. The number of amides is 3. The Balaban J connectivity index is 1.52. The molecule has 0 bridgehead atoms. The first-order chi connectivity index (χ1) is 14.4. The maximum absolute atomic E-state index is 12.3. The molecule has 0 radical (unpaired) electrons. The van der Waals surface area contributed by atoms with E-state index in [0.717, 1.165) is 4.90 Å². The molecule has 0 aromatic heterocycles. The molecule has 2 saturated heterocycles. The molecule has 3 rings (SSSR count). The summed E-state index contributed by atoms with van der Waals surface area (Å²) < 4.78 is 10.1. The molecule has 2 fully saturated rings. The summed E-state index contributed by atoms with van der Waals surface area (Å²) in [7, 11) is 0. The van der Waals surface area contributed by atoms with Crippen molar-refractivity contribution in [2.45, 2.75) is 32.6 Å². The fourth-order valence-electron chi connectivity index (χ4n) is 3.56. The quantitative estimate of drug-likeness (QED) is 0.508. The van der Waals surface area contributed by atoms with Crippen LogP contribution >= 0.6 is 0 Å². The summed E-state index contributed by atoms with van der Waals surface area (Å²) in [6, 6.07) is 6.01. The highest BCUT2D eigenvalue weighted by molar-refractivity contribution is 6.20. The van der Waals surface area contributed by atoms with Gasteiger partial charge in [0, 0.05) is 25.9 Å². The van der Waals surface area contributed by atoms with Gasteiger partial charge in [0.05, 0.1) is 23.8 Å². The lowest BCUT2D eigenvalue weighted by Gasteiger charge is -2.30. The first kappa shape index (κ1) is 21.5. The Hall–Kier alpha value is -3.23. The van der Waals surface area contributed by atoms with Gasteiger partial charge in [-0.1, -0.05) is 6.07 Å². The molecule has 3 amide bonds. The molecule has 9 heteroatoms. The van der Waals surface area contributed by atoms with Crippen molar-refractivity contribution in [3.63, 3.8) is 0 Å². The second-order valence-corrected chi connectivity index (χ2v) is 7.16. The number of ether oxygens (including phenoxy) is 2. The van der Waals surface area contributed by atoms with Gasteiger partial charge in [0.15, 0.2) is 6.61 Å². The van der Waals surface area contributed by atoms with Gasteiger partial charge >= 0.3 is 11.9 Å². The third-order valence-corrected chi connectivity index (χ3v) is 5.19. The topological polar surface area (TPSA) is 110 Å². The highest BCUT2D eigenvalue weighted by Crippen LogP contribution is 2.24. The second kappa shape index (κ2) is 9.51. The van der Waals surface area contributed by atoms with E-state index in [1.807, 2.05) is 0 Å². The number of likely N-dealkylation sites (tertiary alicyclic amines) is 1. The van der Waals surface area contributed by atoms with Crippen LogP contribution in [0.3, 0.4) is 0 Å². The zero-order chi connectivity index (χ0) is 21.7. The minimum atomic E-state index is -0.717. The van der Waals surface area contributed by atoms with Gasteiger partial charge < -0.3 is 14.4 Å². The molecule has 9 nitrogen and oxygen atoms in total. The standard InChI is InChI=1S/C21H24N2O7/c1-2-29-20(27)14-8-10-22(11-9-14)19(26)13-30-21(28)15-4-3-5-16(12-15)23-17(24)6-7-18(23)25/h3-5,12,14H,2,6-11,13H2,1H3. The van der Waals surface area contributed by atoms with Crippen LogP contribution in [0.1, 0.15) is 43.0 Å². The number of piperidine rings is 1. The number of hydrogen-bond donors (Lipinski definition) is 0. The first-order valence-corrected chi connectivity index (χ1v) is 9.98. The molecule has 1 aromatic rings. The molecule has 0 unspecified atom stereocenters. The minimum absolute atomic E-state index is 0.147. The van der Waals surface area contributed by atoms with E-state index in [9.17, 15) is 24.0 Å². The number of esters is 2. The van der Waals surface area contributed by atoms with Crippen LogP contribution < -0.4 is 4.90 Å². The van der Waals surface area contributed by atoms with Gasteiger partial charge in [-0.05, 0) is 38.0 Å². The Morgan fingerprint density at radius 3 is 2.33 bits per heavy atom. The number of rotatable bonds is 6. The van der Waals surface area contributed by atoms with E-state index in [1.165, 1.54) is 12.1 Å². The van der Waals surface area contributed by atoms with Crippen molar-refractivity contribution in [2.24, 2.45) is 5.92 Å². The molecule has 2 heterocycles. The molecule has 160 valence electrons. The van der Waals surface area contributed by atoms with Crippen molar-refractivity contribution >= 4 is 35.3 Å². The Morgan fingerprint density at radius 2 is 1.70 bits per heavy atom. The van der Waals surface area contributed by atoms with Gasteiger partial charge in [0.2, 0.25) is 11.8 Å². The summed E-state index contributed by atoms with van der Waals surface area (Å²) >= 11 is 0. The lowest BCUT2D eigenvalue weighted by molar-refractivity contribution is -0.151. The van der Waals surface area contributed by atoms with Crippen LogP contribution in [0.4, 0.5) is 5.69 Å². The second-order valence-electron chi connectivity index (χ2n) is 7.16. The first-order valence-electron chi connectivity index (χ1n) is 9.98. The molecule has 1 aromatic carbocycles. The average molecular weight is 416 g/mol. The van der Waals surface area contributed by atoms with E-state index >= 15 is 0 Å². The smallest absolute Gasteiger partial charge is 0.338 e. The van der Waals surface area contributed by atoms with Crippen molar-refractivity contribution < 1.29 is 33.4 Å². The largest absolute Gasteiger partial charge is 0.466 e. The molecule has 30 heavy (non-hydrogen) atoms. The Morgan fingerprint density at radius 1 is 1.03 bits per heavy atom. The van der Waals surface area contributed by atoms with Crippen molar-refractivity contribution in [3.8, 4) is 0 Å². The highest BCUT2D eigenvalue weighted by atomic mass is 16.5. The number of carbonyl (C=O) groups is 5. The van der Waals surface area contributed by atoms with Crippen LogP contribution in [-0.4, -0.2) is 60.9 Å². The van der Waals surface area contributed by atoms with E-state index < -0.39 is 12.6 Å². The normalized spacial score (nSPS) is 17.2. The molecule has 0 aliphatic carbocycles. The van der Waals surface area contributed by atoms with Gasteiger partial charge in [-0.25, -0.2) is 4.79 Å². The van der Waals surface area contributed by atoms with Crippen LogP contribution in [0.2, 0.25) is 0 Å². The van der Waals surface area contributed by atoms with E-state index in [-0.39, 0.29) is 48.0 Å². The van der Waals surface area contributed by atoms with Crippen LogP contribution in [0.25, 0.3) is 0 Å². The number of imide groups is 1. The number of anilines is 1. The summed E-state index contributed by atoms with van der Waals surface area (Å²) in [5.74, 6) is -2.14. The third-order valence-electron chi connectivity index (χ3n) is 5.19. The van der Waals surface area contributed by atoms with Gasteiger partial charge in [0.1, 0.15) is 0 Å². The summed E-state index contributed by atoms with van der Waals surface area (Å²) in [6.45, 7) is 2.45. The monoisotopic (exact) mass is 416 g/mol. The molecule has 0 saturated carbocycles. The molecule has 2 aliphatic rings. The molecule has 0 N–H and O–H groups in total. The van der Waals surface area contributed by atoms with Crippen molar-refractivity contribution in [2.75, 3.05) is 31.2 Å². The minimum Gasteiger partial charge on any atom is -0.466 e. The van der Waals surface area contributed by atoms with Gasteiger partial charge in [-0.15, -0.1) is 0 Å². The Kier molecular flexibility index (Phi) is 6.81. The number of nitrogens with zero attached hydrogens (tertiary/aromatic N) is 2. The van der Waals surface area contributed by atoms with Gasteiger partial charge in [-0.3, -0.25) is 24.1 Å². The predicted octanol–water partition coefficient (Wildman–Crippen LogP) is 1.30. The maximum Gasteiger partial charge on any atom is 0.338 e. The average Bonchev–Trinajstić information content (AvgIpc) is 3.10. The van der Waals surface area contributed by atoms with Crippen LogP contribution in [0.5, 0.6) is 0 Å². The van der Waals surface area contributed by atoms with E-state index in [1.54, 1.807) is 24.0 Å². The number of benzene rings is 1. The maximum atomic E-state index is 12.3. The molecular formula is C21H24N2O7. The van der Waals surface area contributed by atoms with Crippen LogP contribution in [-0.2, 0) is 28.7 Å².